The van der Waals surface area contributed by atoms with Crippen molar-refractivity contribution >= 4 is 11.9 Å². The van der Waals surface area contributed by atoms with Crippen LogP contribution in [0.25, 0.3) is 0 Å². The predicted molar refractivity (Wildman–Crippen MR) is 77.2 cm³/mol. The molecule has 0 radical (unpaired) electrons. The molecular weight excluding hydrogens is 256 g/mol. The van der Waals surface area contributed by atoms with Crippen molar-refractivity contribution in [3.05, 3.63) is 0 Å². The second kappa shape index (κ2) is 9.78. The summed E-state index contributed by atoms with van der Waals surface area (Å²) in [5.74, 6) is -0.533. The molecule has 0 bridgehead atoms. The lowest BCUT2D eigenvalue weighted by Crippen LogP contribution is -2.29. The number of hydrogen-bond acceptors (Lipinski definition) is 4. The summed E-state index contributed by atoms with van der Waals surface area (Å²) in [5.41, 5.74) is 0. The van der Waals surface area contributed by atoms with E-state index in [1.165, 1.54) is 12.8 Å². The summed E-state index contributed by atoms with van der Waals surface area (Å²) in [7, 11) is 0. The van der Waals surface area contributed by atoms with Crippen molar-refractivity contribution in [2.45, 2.75) is 65.2 Å². The molecule has 0 aromatic rings. The van der Waals surface area contributed by atoms with E-state index in [1.807, 2.05) is 6.92 Å². The van der Waals surface area contributed by atoms with Crippen LogP contribution in [-0.4, -0.2) is 25.2 Å². The van der Waals surface area contributed by atoms with E-state index < -0.39 is 0 Å². The van der Waals surface area contributed by atoms with Gasteiger partial charge in [-0.2, -0.15) is 0 Å². The van der Waals surface area contributed by atoms with Gasteiger partial charge in [0, 0.05) is 0 Å². The van der Waals surface area contributed by atoms with Crippen LogP contribution in [0.3, 0.4) is 0 Å². The van der Waals surface area contributed by atoms with E-state index in [9.17, 15) is 9.59 Å². The third kappa shape index (κ3) is 5.93. The van der Waals surface area contributed by atoms with Crippen LogP contribution in [0.2, 0.25) is 0 Å². The van der Waals surface area contributed by atoms with Gasteiger partial charge in [-0.05, 0) is 32.6 Å². The fraction of sp³-hybridized carbons (Fsp3) is 0.875. The Morgan fingerprint density at radius 3 is 2.20 bits per heavy atom. The van der Waals surface area contributed by atoms with Gasteiger partial charge in [0.15, 0.2) is 0 Å². The van der Waals surface area contributed by atoms with E-state index in [0.717, 1.165) is 32.1 Å². The predicted octanol–water partition coefficient (Wildman–Crippen LogP) is 3.48. The molecule has 2 atom stereocenters. The Morgan fingerprint density at radius 1 is 0.950 bits per heavy atom. The zero-order chi connectivity index (χ0) is 14.8. The van der Waals surface area contributed by atoms with Gasteiger partial charge in [0.25, 0.3) is 0 Å². The molecule has 0 heterocycles. The van der Waals surface area contributed by atoms with E-state index >= 15 is 0 Å². The van der Waals surface area contributed by atoms with Crippen molar-refractivity contribution in [1.29, 1.82) is 0 Å². The van der Waals surface area contributed by atoms with E-state index in [-0.39, 0.29) is 23.8 Å². The monoisotopic (exact) mass is 284 g/mol. The standard InChI is InChI=1S/C16H28O4/c1-3-5-6-7-11-20-16(18)14-10-8-9-13(12-14)15(17)19-4-2/h13-14H,3-12H2,1-2H3. The number of unbranched alkanes of at least 4 members (excludes halogenated alkanes) is 3. The number of esters is 2. The van der Waals surface area contributed by atoms with E-state index in [4.69, 9.17) is 9.47 Å². The minimum atomic E-state index is -0.159. The third-order valence-electron chi connectivity index (χ3n) is 3.87. The van der Waals surface area contributed by atoms with Crippen molar-refractivity contribution in [2.75, 3.05) is 13.2 Å². The first-order valence-electron chi connectivity index (χ1n) is 8.02. The number of carbonyl (C=O) groups excluding carboxylic acids is 2. The fourth-order valence-electron chi connectivity index (χ4n) is 2.70. The lowest BCUT2D eigenvalue weighted by molar-refractivity contribution is -0.154. The Balaban J connectivity index is 2.27. The van der Waals surface area contributed by atoms with Crippen molar-refractivity contribution in [1.82, 2.24) is 0 Å². The molecule has 1 aliphatic carbocycles. The summed E-state index contributed by atoms with van der Waals surface area (Å²) in [5, 5.41) is 0. The van der Waals surface area contributed by atoms with E-state index in [2.05, 4.69) is 6.92 Å². The molecule has 1 saturated carbocycles. The minimum absolute atomic E-state index is 0.121. The summed E-state index contributed by atoms with van der Waals surface area (Å²) < 4.78 is 10.4. The van der Waals surface area contributed by atoms with E-state index in [1.54, 1.807) is 0 Å². The number of hydrogen-bond donors (Lipinski definition) is 0. The summed E-state index contributed by atoms with van der Waals surface area (Å²) >= 11 is 0. The van der Waals surface area contributed by atoms with Crippen LogP contribution < -0.4 is 0 Å². The maximum atomic E-state index is 12.0. The maximum Gasteiger partial charge on any atom is 0.308 e. The normalized spacial score (nSPS) is 22.3. The maximum absolute atomic E-state index is 12.0. The average Bonchev–Trinajstić information content (AvgIpc) is 2.47. The van der Waals surface area contributed by atoms with Crippen molar-refractivity contribution in [3.8, 4) is 0 Å². The Morgan fingerprint density at radius 2 is 1.60 bits per heavy atom. The molecule has 2 unspecified atom stereocenters. The smallest absolute Gasteiger partial charge is 0.308 e. The first kappa shape index (κ1) is 17.0. The van der Waals surface area contributed by atoms with Crippen molar-refractivity contribution in [2.24, 2.45) is 11.8 Å². The molecule has 1 aliphatic rings. The van der Waals surface area contributed by atoms with Gasteiger partial charge in [0.05, 0.1) is 25.0 Å². The van der Waals surface area contributed by atoms with Crippen LogP contribution in [0.15, 0.2) is 0 Å². The molecule has 1 rings (SSSR count). The van der Waals surface area contributed by atoms with Gasteiger partial charge in [-0.3, -0.25) is 9.59 Å². The summed E-state index contributed by atoms with van der Waals surface area (Å²) in [6, 6.07) is 0. The first-order valence-corrected chi connectivity index (χ1v) is 8.02. The lowest BCUT2D eigenvalue weighted by atomic mass is 9.81. The zero-order valence-corrected chi connectivity index (χ0v) is 12.9. The van der Waals surface area contributed by atoms with Crippen LogP contribution in [0.4, 0.5) is 0 Å². The Hall–Kier alpha value is -1.06. The molecule has 20 heavy (non-hydrogen) atoms. The first-order chi connectivity index (χ1) is 9.69. The largest absolute Gasteiger partial charge is 0.466 e. The van der Waals surface area contributed by atoms with Gasteiger partial charge in [0.2, 0.25) is 0 Å². The molecular formula is C16H28O4. The van der Waals surface area contributed by atoms with Crippen LogP contribution >= 0.6 is 0 Å². The molecule has 4 nitrogen and oxygen atoms in total. The molecule has 0 aliphatic heterocycles. The van der Waals surface area contributed by atoms with Gasteiger partial charge in [-0.25, -0.2) is 0 Å². The summed E-state index contributed by atoms with van der Waals surface area (Å²) in [4.78, 5) is 23.7. The highest BCUT2D eigenvalue weighted by atomic mass is 16.5. The fourth-order valence-corrected chi connectivity index (χ4v) is 2.70. The average molecular weight is 284 g/mol. The van der Waals surface area contributed by atoms with Gasteiger partial charge in [-0.15, -0.1) is 0 Å². The molecule has 0 spiro atoms. The molecule has 0 saturated heterocycles. The molecule has 0 aromatic heterocycles. The number of carbonyl (C=O) groups is 2. The van der Waals surface area contributed by atoms with Gasteiger partial charge < -0.3 is 9.47 Å². The lowest BCUT2D eigenvalue weighted by Gasteiger charge is -2.26. The molecule has 1 fully saturated rings. The molecule has 0 aromatic carbocycles. The van der Waals surface area contributed by atoms with Crippen molar-refractivity contribution < 1.29 is 19.1 Å². The third-order valence-corrected chi connectivity index (χ3v) is 3.87. The molecule has 4 heteroatoms. The Labute approximate surface area is 122 Å². The molecule has 0 N–H and O–H groups in total. The van der Waals surface area contributed by atoms with Crippen LogP contribution in [0.5, 0.6) is 0 Å². The Bertz CT molecular complexity index is 301. The van der Waals surface area contributed by atoms with Gasteiger partial charge in [0.1, 0.15) is 0 Å². The van der Waals surface area contributed by atoms with Gasteiger partial charge >= 0.3 is 11.9 Å². The quantitative estimate of drug-likeness (QED) is 0.506. The van der Waals surface area contributed by atoms with E-state index in [0.29, 0.717) is 19.6 Å². The summed E-state index contributed by atoms with van der Waals surface area (Å²) in [6.45, 7) is 4.88. The SMILES string of the molecule is CCCCCCOC(=O)C1CCCC(C(=O)OCC)C1. The number of rotatable bonds is 8. The van der Waals surface area contributed by atoms with Crippen LogP contribution in [0.1, 0.15) is 65.2 Å². The highest BCUT2D eigenvalue weighted by Crippen LogP contribution is 2.30. The number of ether oxygens (including phenoxy) is 2. The van der Waals surface area contributed by atoms with Gasteiger partial charge in [-0.1, -0.05) is 32.6 Å². The Kier molecular flexibility index (Phi) is 8.31. The highest BCUT2D eigenvalue weighted by molar-refractivity contribution is 5.76. The van der Waals surface area contributed by atoms with Crippen LogP contribution in [-0.2, 0) is 19.1 Å². The topological polar surface area (TPSA) is 52.6 Å². The summed E-state index contributed by atoms with van der Waals surface area (Å²) in [6.07, 6.45) is 7.58. The zero-order valence-electron chi connectivity index (χ0n) is 12.9. The van der Waals surface area contributed by atoms with Crippen molar-refractivity contribution in [3.63, 3.8) is 0 Å². The minimum Gasteiger partial charge on any atom is -0.466 e. The second-order valence-corrected chi connectivity index (χ2v) is 5.54. The second-order valence-electron chi connectivity index (χ2n) is 5.54. The van der Waals surface area contributed by atoms with Crippen LogP contribution in [0, 0.1) is 11.8 Å². The molecule has 0 amide bonds. The molecule has 116 valence electrons. The highest BCUT2D eigenvalue weighted by Gasteiger charge is 2.32.